The monoisotopic (exact) mass is 422 g/mol. The Morgan fingerprint density at radius 2 is 2.10 bits per heavy atom. The van der Waals surface area contributed by atoms with E-state index < -0.39 is 24.3 Å². The minimum absolute atomic E-state index is 0.110. The van der Waals surface area contributed by atoms with E-state index in [1.807, 2.05) is 26.0 Å². The molecule has 0 spiro atoms. The molecule has 2 rings (SSSR count). The molecule has 1 aromatic carbocycles. The summed E-state index contributed by atoms with van der Waals surface area (Å²) in [6, 6.07) is 5.37. The Bertz CT molecular complexity index is 732. The van der Waals surface area contributed by atoms with Crippen molar-refractivity contribution in [3.63, 3.8) is 0 Å². The Morgan fingerprint density at radius 3 is 2.77 bits per heavy atom. The Hall–Kier alpha value is -2.26. The van der Waals surface area contributed by atoms with Crippen molar-refractivity contribution < 1.29 is 38.4 Å². The molecule has 0 radical (unpaired) electrons. The van der Waals surface area contributed by atoms with Crippen LogP contribution in [0.1, 0.15) is 44.1 Å². The number of benzene rings is 1. The highest BCUT2D eigenvalue weighted by Crippen LogP contribution is 2.33. The molecular weight excluding hydrogens is 392 g/mol. The number of carbonyl (C=O) groups excluding carboxylic acids is 2. The first kappa shape index (κ1) is 24.0. The fourth-order valence-corrected chi connectivity index (χ4v) is 2.97. The molecule has 166 valence electrons. The van der Waals surface area contributed by atoms with Gasteiger partial charge in [-0.1, -0.05) is 19.6 Å². The molecule has 0 aromatic heterocycles. The predicted octanol–water partition coefficient (Wildman–Crippen LogP) is 2.61. The van der Waals surface area contributed by atoms with Crippen LogP contribution >= 0.6 is 0 Å². The maximum absolute atomic E-state index is 12.0. The van der Waals surface area contributed by atoms with Crippen molar-refractivity contribution in [3.8, 4) is 5.75 Å². The summed E-state index contributed by atoms with van der Waals surface area (Å²) < 4.78 is 27.0. The van der Waals surface area contributed by atoms with Crippen LogP contribution in [0.4, 0.5) is 0 Å². The van der Waals surface area contributed by atoms with Gasteiger partial charge in [0.1, 0.15) is 25.1 Å². The molecule has 1 aliphatic rings. The zero-order valence-electron chi connectivity index (χ0n) is 17.7. The predicted molar refractivity (Wildman–Crippen MR) is 108 cm³/mol. The first-order chi connectivity index (χ1) is 14.3. The van der Waals surface area contributed by atoms with Gasteiger partial charge in [-0.25, -0.2) is 9.59 Å². The van der Waals surface area contributed by atoms with Crippen molar-refractivity contribution in [1.29, 1.82) is 0 Å². The van der Waals surface area contributed by atoms with E-state index in [2.05, 4.69) is 18.2 Å². The zero-order valence-corrected chi connectivity index (χ0v) is 17.7. The number of hydrogen-bond donors (Lipinski definition) is 1. The van der Waals surface area contributed by atoms with E-state index in [0.717, 1.165) is 30.0 Å². The summed E-state index contributed by atoms with van der Waals surface area (Å²) in [6.07, 6.45) is 1.56. The molecule has 30 heavy (non-hydrogen) atoms. The summed E-state index contributed by atoms with van der Waals surface area (Å²) >= 11 is 0. The lowest BCUT2D eigenvalue weighted by Crippen LogP contribution is -2.31. The Labute approximate surface area is 176 Å². The molecular formula is C22H30O8. The highest BCUT2D eigenvalue weighted by atomic mass is 16.7. The standard InChI is InChI=1S/C22H30O8/c1-5-18-10-15(4)28-22(29-18)16-7-8-19(14(3)9-16)30-21(25)13-26-11-17(23)12-27-20(24)6-2/h6-9,15,17-18,22-23H,2,5,10-13H2,1,3-4H3. The number of ether oxygens (including phenoxy) is 5. The van der Waals surface area contributed by atoms with Gasteiger partial charge in [0.05, 0.1) is 18.8 Å². The summed E-state index contributed by atoms with van der Waals surface area (Å²) in [5.74, 6) is -0.842. The third-order valence-electron chi connectivity index (χ3n) is 4.53. The van der Waals surface area contributed by atoms with Crippen molar-refractivity contribution >= 4 is 11.9 Å². The first-order valence-corrected chi connectivity index (χ1v) is 9.99. The molecule has 8 heteroatoms. The van der Waals surface area contributed by atoms with E-state index in [4.69, 9.17) is 18.9 Å². The van der Waals surface area contributed by atoms with E-state index in [-0.39, 0.29) is 32.0 Å². The van der Waals surface area contributed by atoms with Crippen molar-refractivity contribution in [2.75, 3.05) is 19.8 Å². The van der Waals surface area contributed by atoms with Crippen LogP contribution in [-0.2, 0) is 28.5 Å². The second kappa shape index (κ2) is 11.8. The van der Waals surface area contributed by atoms with E-state index in [0.29, 0.717) is 5.75 Å². The Morgan fingerprint density at radius 1 is 1.33 bits per heavy atom. The van der Waals surface area contributed by atoms with Gasteiger partial charge in [-0.3, -0.25) is 0 Å². The van der Waals surface area contributed by atoms with Crippen LogP contribution in [0, 0.1) is 6.92 Å². The maximum Gasteiger partial charge on any atom is 0.337 e. The van der Waals surface area contributed by atoms with Gasteiger partial charge < -0.3 is 28.8 Å². The third kappa shape index (κ3) is 7.53. The number of aliphatic hydroxyl groups is 1. The van der Waals surface area contributed by atoms with Gasteiger partial charge in [0.25, 0.3) is 0 Å². The normalized spacial score (nSPS) is 22.2. The summed E-state index contributed by atoms with van der Waals surface area (Å²) in [5, 5.41) is 9.64. The molecule has 8 nitrogen and oxygen atoms in total. The average Bonchev–Trinajstić information content (AvgIpc) is 2.72. The van der Waals surface area contributed by atoms with Crippen molar-refractivity contribution in [3.05, 3.63) is 42.0 Å². The lowest BCUT2D eigenvalue weighted by Gasteiger charge is -2.34. The smallest absolute Gasteiger partial charge is 0.337 e. The highest BCUT2D eigenvalue weighted by molar-refractivity contribution is 5.81. The molecule has 0 amide bonds. The fourth-order valence-electron chi connectivity index (χ4n) is 2.97. The first-order valence-electron chi connectivity index (χ1n) is 9.99. The van der Waals surface area contributed by atoms with Crippen molar-refractivity contribution in [2.24, 2.45) is 0 Å². The van der Waals surface area contributed by atoms with Crippen molar-refractivity contribution in [1.82, 2.24) is 0 Å². The second-order valence-corrected chi connectivity index (χ2v) is 7.18. The Kier molecular flexibility index (Phi) is 9.45. The molecule has 1 heterocycles. The van der Waals surface area contributed by atoms with E-state index in [1.165, 1.54) is 0 Å². The summed E-state index contributed by atoms with van der Waals surface area (Å²) in [6.45, 7) is 8.42. The molecule has 1 aromatic rings. The quantitative estimate of drug-likeness (QED) is 0.349. The van der Waals surface area contributed by atoms with Crippen LogP contribution < -0.4 is 4.74 Å². The molecule has 0 saturated carbocycles. The highest BCUT2D eigenvalue weighted by Gasteiger charge is 2.28. The minimum atomic E-state index is -1.05. The average molecular weight is 422 g/mol. The zero-order chi connectivity index (χ0) is 22.1. The van der Waals surface area contributed by atoms with E-state index >= 15 is 0 Å². The number of aryl methyl sites for hydroxylation is 1. The summed E-state index contributed by atoms with van der Waals surface area (Å²) in [5.41, 5.74) is 1.63. The van der Waals surface area contributed by atoms with E-state index in [1.54, 1.807) is 6.07 Å². The molecule has 1 N–H and O–H groups in total. The van der Waals surface area contributed by atoms with Gasteiger partial charge in [0.2, 0.25) is 0 Å². The molecule has 1 saturated heterocycles. The molecule has 4 unspecified atom stereocenters. The lowest BCUT2D eigenvalue weighted by atomic mass is 10.1. The largest absolute Gasteiger partial charge is 0.460 e. The number of carbonyl (C=O) groups is 2. The van der Waals surface area contributed by atoms with Crippen LogP contribution in [0.25, 0.3) is 0 Å². The van der Waals surface area contributed by atoms with Gasteiger partial charge >= 0.3 is 11.9 Å². The topological polar surface area (TPSA) is 101 Å². The number of rotatable bonds is 10. The van der Waals surface area contributed by atoms with Gasteiger partial charge in [0.15, 0.2) is 6.29 Å². The van der Waals surface area contributed by atoms with E-state index in [9.17, 15) is 14.7 Å². The SMILES string of the molecule is C=CC(=O)OCC(O)COCC(=O)Oc1ccc(C2OC(C)CC(CC)O2)cc1C. The minimum Gasteiger partial charge on any atom is -0.460 e. The maximum atomic E-state index is 12.0. The third-order valence-corrected chi connectivity index (χ3v) is 4.53. The molecule has 1 aliphatic heterocycles. The molecule has 1 fully saturated rings. The lowest BCUT2D eigenvalue weighted by molar-refractivity contribution is -0.243. The van der Waals surface area contributed by atoms with Gasteiger partial charge in [-0.15, -0.1) is 0 Å². The molecule has 0 bridgehead atoms. The molecule has 0 aliphatic carbocycles. The van der Waals surface area contributed by atoms with Crippen LogP contribution in [0.3, 0.4) is 0 Å². The molecule has 4 atom stereocenters. The summed E-state index contributed by atoms with van der Waals surface area (Å²) in [4.78, 5) is 22.9. The van der Waals surface area contributed by atoms with Gasteiger partial charge in [-0.05, 0) is 44.4 Å². The van der Waals surface area contributed by atoms with Gasteiger partial charge in [0, 0.05) is 11.6 Å². The number of esters is 2. The van der Waals surface area contributed by atoms with Crippen LogP contribution in [-0.4, -0.2) is 55.2 Å². The van der Waals surface area contributed by atoms with Crippen LogP contribution in [0.15, 0.2) is 30.9 Å². The van der Waals surface area contributed by atoms with Crippen LogP contribution in [0.2, 0.25) is 0 Å². The fraction of sp³-hybridized carbons (Fsp3) is 0.545. The van der Waals surface area contributed by atoms with Crippen molar-refractivity contribution in [2.45, 2.75) is 58.2 Å². The number of aliphatic hydroxyl groups excluding tert-OH is 1. The van der Waals surface area contributed by atoms with Gasteiger partial charge in [-0.2, -0.15) is 0 Å². The number of hydrogen-bond acceptors (Lipinski definition) is 8. The summed E-state index contributed by atoms with van der Waals surface area (Å²) in [7, 11) is 0. The Balaban J connectivity index is 1.82. The van der Waals surface area contributed by atoms with Crippen LogP contribution in [0.5, 0.6) is 5.75 Å². The second-order valence-electron chi connectivity index (χ2n) is 7.18.